The number of carbonyl (C=O) groups is 2. The van der Waals surface area contributed by atoms with Gasteiger partial charge < -0.3 is 20.4 Å². The number of amides is 2. The standard InChI is InChI=1S/C19H29ClN2O4/c1-19(2,14-23)17(25)18(26)21-10-12-22(16(24)13-20)11-6-9-15-7-4-3-5-8-15/h3-5,7-8,17,23,25H,6,9-14H2,1-2H3,(H,21,26). The molecule has 0 spiro atoms. The minimum atomic E-state index is -1.32. The van der Waals surface area contributed by atoms with Crippen molar-refractivity contribution in [3.8, 4) is 0 Å². The molecule has 0 aliphatic carbocycles. The normalized spacial score (nSPS) is 12.5. The molecule has 3 N–H and O–H groups in total. The Labute approximate surface area is 160 Å². The van der Waals surface area contributed by atoms with E-state index in [0.717, 1.165) is 12.8 Å². The molecular weight excluding hydrogens is 356 g/mol. The molecule has 0 saturated heterocycles. The van der Waals surface area contributed by atoms with E-state index < -0.39 is 17.4 Å². The first-order chi connectivity index (χ1) is 12.3. The van der Waals surface area contributed by atoms with E-state index in [1.54, 1.807) is 18.7 Å². The first-order valence-electron chi connectivity index (χ1n) is 8.76. The zero-order valence-corrected chi connectivity index (χ0v) is 16.2. The smallest absolute Gasteiger partial charge is 0.249 e. The maximum absolute atomic E-state index is 12.0. The molecule has 1 rings (SSSR count). The van der Waals surface area contributed by atoms with Gasteiger partial charge in [0.25, 0.3) is 0 Å². The van der Waals surface area contributed by atoms with Crippen molar-refractivity contribution in [2.45, 2.75) is 32.8 Å². The van der Waals surface area contributed by atoms with Crippen LogP contribution in [-0.4, -0.2) is 65.2 Å². The number of alkyl halides is 1. The second kappa shape index (κ2) is 11.2. The number of carbonyl (C=O) groups excluding carboxylic acids is 2. The topological polar surface area (TPSA) is 89.9 Å². The number of aryl methyl sites for hydroxylation is 1. The minimum absolute atomic E-state index is 0.112. The quantitative estimate of drug-likeness (QED) is 0.500. The first kappa shape index (κ1) is 22.4. The lowest BCUT2D eigenvalue weighted by Crippen LogP contribution is -2.48. The molecule has 1 aromatic rings. The summed E-state index contributed by atoms with van der Waals surface area (Å²) in [5, 5.41) is 21.8. The summed E-state index contributed by atoms with van der Waals surface area (Å²) in [6.45, 7) is 3.97. The van der Waals surface area contributed by atoms with Gasteiger partial charge in [-0.1, -0.05) is 44.2 Å². The maximum atomic E-state index is 12.0. The largest absolute Gasteiger partial charge is 0.396 e. The van der Waals surface area contributed by atoms with Gasteiger partial charge >= 0.3 is 0 Å². The fraction of sp³-hybridized carbons (Fsp3) is 0.579. The number of aliphatic hydroxyl groups is 2. The Kier molecular flexibility index (Phi) is 9.62. The molecule has 0 saturated carbocycles. The van der Waals surface area contributed by atoms with Gasteiger partial charge in [0.05, 0.1) is 6.61 Å². The molecule has 0 aromatic heterocycles. The van der Waals surface area contributed by atoms with Crippen LogP contribution in [0.2, 0.25) is 0 Å². The highest BCUT2D eigenvalue weighted by atomic mass is 35.5. The van der Waals surface area contributed by atoms with Gasteiger partial charge in [0.2, 0.25) is 11.8 Å². The van der Waals surface area contributed by atoms with Gasteiger partial charge in [0.1, 0.15) is 12.0 Å². The number of aliphatic hydroxyl groups excluding tert-OH is 2. The van der Waals surface area contributed by atoms with Crippen molar-refractivity contribution in [1.29, 1.82) is 0 Å². The molecule has 0 heterocycles. The predicted octanol–water partition coefficient (Wildman–Crippen LogP) is 1.18. The lowest BCUT2D eigenvalue weighted by Gasteiger charge is -2.28. The molecule has 0 bridgehead atoms. The third kappa shape index (κ3) is 7.32. The van der Waals surface area contributed by atoms with E-state index in [1.165, 1.54) is 5.56 Å². The van der Waals surface area contributed by atoms with Crippen molar-refractivity contribution in [2.75, 3.05) is 32.1 Å². The van der Waals surface area contributed by atoms with Gasteiger partial charge in [-0.2, -0.15) is 0 Å². The van der Waals surface area contributed by atoms with E-state index in [2.05, 4.69) is 5.32 Å². The number of halogens is 1. The molecule has 26 heavy (non-hydrogen) atoms. The van der Waals surface area contributed by atoms with Crippen LogP contribution >= 0.6 is 11.6 Å². The summed E-state index contributed by atoms with van der Waals surface area (Å²) in [5.41, 5.74) is 0.277. The van der Waals surface area contributed by atoms with E-state index in [1.807, 2.05) is 30.3 Å². The van der Waals surface area contributed by atoms with E-state index in [9.17, 15) is 19.8 Å². The minimum Gasteiger partial charge on any atom is -0.396 e. The van der Waals surface area contributed by atoms with Crippen molar-refractivity contribution < 1.29 is 19.8 Å². The Morgan fingerprint density at radius 3 is 2.46 bits per heavy atom. The molecule has 146 valence electrons. The highest BCUT2D eigenvalue weighted by Gasteiger charge is 2.32. The third-order valence-electron chi connectivity index (χ3n) is 4.28. The van der Waals surface area contributed by atoms with Crippen LogP contribution in [0.3, 0.4) is 0 Å². The summed E-state index contributed by atoms with van der Waals surface area (Å²) >= 11 is 5.67. The Morgan fingerprint density at radius 2 is 1.88 bits per heavy atom. The monoisotopic (exact) mass is 384 g/mol. The molecule has 7 heteroatoms. The SMILES string of the molecule is CC(C)(CO)C(O)C(=O)NCCN(CCCc1ccccc1)C(=O)CCl. The van der Waals surface area contributed by atoms with Crippen LogP contribution in [0, 0.1) is 5.41 Å². The lowest BCUT2D eigenvalue weighted by atomic mass is 9.87. The summed E-state index contributed by atoms with van der Waals surface area (Å²) in [6.07, 6.45) is 0.325. The highest BCUT2D eigenvalue weighted by Crippen LogP contribution is 2.19. The van der Waals surface area contributed by atoms with Crippen molar-refractivity contribution >= 4 is 23.4 Å². The number of benzene rings is 1. The molecule has 1 atom stereocenters. The third-order valence-corrected chi connectivity index (χ3v) is 4.51. The lowest BCUT2D eigenvalue weighted by molar-refractivity contribution is -0.137. The van der Waals surface area contributed by atoms with E-state index in [0.29, 0.717) is 13.1 Å². The fourth-order valence-electron chi connectivity index (χ4n) is 2.42. The Bertz CT molecular complexity index is 566. The van der Waals surface area contributed by atoms with Crippen LogP contribution in [0.15, 0.2) is 30.3 Å². The van der Waals surface area contributed by atoms with Crippen LogP contribution in [0.4, 0.5) is 0 Å². The van der Waals surface area contributed by atoms with Crippen LogP contribution in [0.1, 0.15) is 25.8 Å². The van der Waals surface area contributed by atoms with Gasteiger partial charge in [0, 0.05) is 25.0 Å². The van der Waals surface area contributed by atoms with Gasteiger partial charge in [-0.05, 0) is 18.4 Å². The molecule has 1 aromatic carbocycles. The van der Waals surface area contributed by atoms with Crippen molar-refractivity contribution in [3.63, 3.8) is 0 Å². The number of nitrogens with one attached hydrogen (secondary N) is 1. The zero-order valence-electron chi connectivity index (χ0n) is 15.4. The molecule has 0 aliphatic rings. The molecule has 0 fully saturated rings. The average Bonchev–Trinajstić information content (AvgIpc) is 2.66. The number of nitrogens with zero attached hydrogens (tertiary/aromatic N) is 1. The number of hydrogen-bond acceptors (Lipinski definition) is 4. The van der Waals surface area contributed by atoms with Crippen LogP contribution in [0.25, 0.3) is 0 Å². The molecule has 0 aliphatic heterocycles. The second-order valence-corrected chi connectivity index (χ2v) is 7.21. The Hall–Kier alpha value is -1.63. The number of rotatable bonds is 11. The summed E-state index contributed by atoms with van der Waals surface area (Å²) in [6, 6.07) is 10.00. The molecule has 1 unspecified atom stereocenters. The van der Waals surface area contributed by atoms with Crippen molar-refractivity contribution in [3.05, 3.63) is 35.9 Å². The van der Waals surface area contributed by atoms with Crippen LogP contribution in [-0.2, 0) is 16.0 Å². The summed E-state index contributed by atoms with van der Waals surface area (Å²) < 4.78 is 0. The van der Waals surface area contributed by atoms with Crippen LogP contribution in [0.5, 0.6) is 0 Å². The Balaban J connectivity index is 2.45. The molecule has 6 nitrogen and oxygen atoms in total. The zero-order chi connectivity index (χ0) is 19.6. The van der Waals surface area contributed by atoms with E-state index in [4.69, 9.17) is 11.6 Å². The van der Waals surface area contributed by atoms with Gasteiger partial charge in [-0.15, -0.1) is 11.6 Å². The molecule has 2 amide bonds. The van der Waals surface area contributed by atoms with Gasteiger partial charge in [-0.25, -0.2) is 0 Å². The second-order valence-electron chi connectivity index (χ2n) is 6.94. The Morgan fingerprint density at radius 1 is 1.23 bits per heavy atom. The van der Waals surface area contributed by atoms with Crippen molar-refractivity contribution in [1.82, 2.24) is 10.2 Å². The van der Waals surface area contributed by atoms with Gasteiger partial charge in [0.15, 0.2) is 0 Å². The summed E-state index contributed by atoms with van der Waals surface area (Å²) in [5.74, 6) is -0.865. The van der Waals surface area contributed by atoms with Gasteiger partial charge in [-0.3, -0.25) is 9.59 Å². The van der Waals surface area contributed by atoms with Crippen LogP contribution < -0.4 is 5.32 Å². The predicted molar refractivity (Wildman–Crippen MR) is 102 cm³/mol. The molecular formula is C19H29ClN2O4. The highest BCUT2D eigenvalue weighted by molar-refractivity contribution is 6.27. The first-order valence-corrected chi connectivity index (χ1v) is 9.29. The summed E-state index contributed by atoms with van der Waals surface area (Å²) in [7, 11) is 0. The average molecular weight is 385 g/mol. The summed E-state index contributed by atoms with van der Waals surface area (Å²) in [4.78, 5) is 25.5. The van der Waals surface area contributed by atoms with Crippen molar-refractivity contribution in [2.24, 2.45) is 5.41 Å². The maximum Gasteiger partial charge on any atom is 0.249 e. The van der Waals surface area contributed by atoms with E-state index >= 15 is 0 Å². The van der Waals surface area contributed by atoms with E-state index in [-0.39, 0.29) is 24.9 Å². The molecule has 0 radical (unpaired) electrons. The fourth-order valence-corrected chi connectivity index (χ4v) is 2.59. The number of hydrogen-bond donors (Lipinski definition) is 3.